The number of alkyl halides is 3. The van der Waals surface area contributed by atoms with Gasteiger partial charge in [0.15, 0.2) is 0 Å². The lowest BCUT2D eigenvalue weighted by atomic mass is 9.73. The van der Waals surface area contributed by atoms with Crippen LogP contribution in [0.15, 0.2) is 48.5 Å². The highest BCUT2D eigenvalue weighted by atomic mass is 19.4. The summed E-state index contributed by atoms with van der Waals surface area (Å²) in [6.45, 7) is 0.184. The first-order valence-electron chi connectivity index (χ1n) is 9.14. The Bertz CT molecular complexity index is 797. The minimum Gasteiger partial charge on any atom is -0.396 e. The van der Waals surface area contributed by atoms with Gasteiger partial charge in [-0.3, -0.25) is 4.90 Å². The van der Waals surface area contributed by atoms with Crippen molar-refractivity contribution >= 4 is 0 Å². The van der Waals surface area contributed by atoms with E-state index in [0.717, 1.165) is 23.8 Å². The number of piperidine rings is 1. The Morgan fingerprint density at radius 3 is 2.46 bits per heavy atom. The van der Waals surface area contributed by atoms with Crippen LogP contribution in [0.3, 0.4) is 0 Å². The first-order valence-corrected chi connectivity index (χ1v) is 9.14. The van der Waals surface area contributed by atoms with E-state index in [2.05, 4.69) is 0 Å². The Balaban J connectivity index is 1.84. The molecule has 1 saturated heterocycles. The summed E-state index contributed by atoms with van der Waals surface area (Å²) in [6.07, 6.45) is -4.62. The molecule has 1 heterocycles. The van der Waals surface area contributed by atoms with Crippen molar-refractivity contribution in [1.82, 2.24) is 4.90 Å². The van der Waals surface area contributed by atoms with E-state index >= 15 is 0 Å². The number of hydrogen-bond donors (Lipinski definition) is 2. The molecule has 0 saturated carbocycles. The fourth-order valence-electron chi connectivity index (χ4n) is 3.97. The normalized spacial score (nSPS) is 23.7. The van der Waals surface area contributed by atoms with E-state index in [4.69, 9.17) is 0 Å². The number of nitrogens with zero attached hydrogens (tertiary/aromatic N) is 1. The third-order valence-corrected chi connectivity index (χ3v) is 5.44. The number of rotatable bonds is 5. The molecule has 28 heavy (non-hydrogen) atoms. The lowest BCUT2D eigenvalue weighted by Crippen LogP contribution is -2.54. The summed E-state index contributed by atoms with van der Waals surface area (Å²) < 4.78 is 53.4. The van der Waals surface area contributed by atoms with Gasteiger partial charge < -0.3 is 10.2 Å². The summed E-state index contributed by atoms with van der Waals surface area (Å²) >= 11 is 0. The summed E-state index contributed by atoms with van der Waals surface area (Å²) in [4.78, 5) is 1.75. The molecular formula is C21H23F4NO2. The molecule has 2 N–H and O–H groups in total. The van der Waals surface area contributed by atoms with Crippen molar-refractivity contribution in [1.29, 1.82) is 0 Å². The average Bonchev–Trinajstić information content (AvgIpc) is 2.64. The first-order chi connectivity index (χ1) is 13.2. The average molecular weight is 397 g/mol. The highest BCUT2D eigenvalue weighted by molar-refractivity contribution is 5.30. The lowest BCUT2D eigenvalue weighted by molar-refractivity contribution is -0.138. The number of halogens is 4. The Morgan fingerprint density at radius 1 is 1.11 bits per heavy atom. The molecule has 2 aromatic carbocycles. The Kier molecular flexibility index (Phi) is 6.07. The van der Waals surface area contributed by atoms with E-state index in [9.17, 15) is 27.8 Å². The van der Waals surface area contributed by atoms with Crippen LogP contribution in [-0.4, -0.2) is 40.9 Å². The van der Waals surface area contributed by atoms with E-state index < -0.39 is 29.1 Å². The van der Waals surface area contributed by atoms with Crippen LogP contribution < -0.4 is 0 Å². The molecule has 1 aliphatic heterocycles. The minimum absolute atomic E-state index is 0.101. The van der Waals surface area contributed by atoms with E-state index in [0.29, 0.717) is 19.4 Å². The van der Waals surface area contributed by atoms with Crippen LogP contribution in [0.25, 0.3) is 0 Å². The summed E-state index contributed by atoms with van der Waals surface area (Å²) in [5.74, 6) is -0.724. The molecule has 1 aliphatic rings. The van der Waals surface area contributed by atoms with Crippen molar-refractivity contribution in [2.24, 2.45) is 5.41 Å². The van der Waals surface area contributed by atoms with Crippen LogP contribution in [0, 0.1) is 11.2 Å². The molecule has 2 aromatic rings. The fourth-order valence-corrected chi connectivity index (χ4v) is 3.97. The Hall–Kier alpha value is -1.96. The van der Waals surface area contributed by atoms with Crippen LogP contribution in [0.5, 0.6) is 0 Å². The third-order valence-electron chi connectivity index (χ3n) is 5.44. The van der Waals surface area contributed by atoms with Crippen LogP contribution in [0.2, 0.25) is 0 Å². The zero-order chi connectivity index (χ0) is 20.4. The van der Waals surface area contributed by atoms with Crippen molar-refractivity contribution in [3.63, 3.8) is 0 Å². The maximum absolute atomic E-state index is 13.6. The monoisotopic (exact) mass is 397 g/mol. The summed E-state index contributed by atoms with van der Waals surface area (Å²) in [5.41, 5.74) is -0.960. The number of likely N-dealkylation sites (tertiary alicyclic amines) is 1. The standard InChI is InChI=1S/C21H23F4NO2/c22-17-6-7-18(21(23,24)25)16(10-17)12-26-9-8-19(28)20(13-26,14-27)11-15-4-2-1-3-5-15/h1-7,10,19,27-28H,8-9,11-14H2/t19-,20+/m1/s1. The van der Waals surface area contributed by atoms with Gasteiger partial charge in [0.2, 0.25) is 0 Å². The van der Waals surface area contributed by atoms with Crippen molar-refractivity contribution in [3.05, 3.63) is 71.0 Å². The predicted octanol–water partition coefficient (Wildman–Crippen LogP) is 3.63. The van der Waals surface area contributed by atoms with Gasteiger partial charge in [0, 0.05) is 25.0 Å². The molecule has 3 rings (SSSR count). The van der Waals surface area contributed by atoms with Gasteiger partial charge >= 0.3 is 6.18 Å². The summed E-state index contributed by atoms with van der Waals surface area (Å²) in [6, 6.07) is 11.8. The topological polar surface area (TPSA) is 43.7 Å². The second kappa shape index (κ2) is 8.19. The first kappa shape index (κ1) is 20.8. The molecule has 0 aliphatic carbocycles. The van der Waals surface area contributed by atoms with Crippen molar-refractivity contribution in [2.45, 2.75) is 31.7 Å². The summed E-state index contributed by atoms with van der Waals surface area (Å²) in [5, 5.41) is 20.6. The van der Waals surface area contributed by atoms with E-state index in [1.54, 1.807) is 4.90 Å². The zero-order valence-electron chi connectivity index (χ0n) is 15.3. The van der Waals surface area contributed by atoms with Gasteiger partial charge in [0.1, 0.15) is 5.82 Å². The van der Waals surface area contributed by atoms with Crippen LogP contribution in [0.4, 0.5) is 17.6 Å². The van der Waals surface area contributed by atoms with Crippen LogP contribution >= 0.6 is 0 Å². The highest BCUT2D eigenvalue weighted by Crippen LogP contribution is 2.37. The van der Waals surface area contributed by atoms with Gasteiger partial charge in [-0.2, -0.15) is 13.2 Å². The zero-order valence-corrected chi connectivity index (χ0v) is 15.3. The highest BCUT2D eigenvalue weighted by Gasteiger charge is 2.43. The molecule has 1 fully saturated rings. The van der Waals surface area contributed by atoms with Gasteiger partial charge in [-0.05, 0) is 42.2 Å². The van der Waals surface area contributed by atoms with Gasteiger partial charge in [0.05, 0.1) is 18.3 Å². The van der Waals surface area contributed by atoms with Crippen LogP contribution in [0.1, 0.15) is 23.1 Å². The number of aliphatic hydroxyl groups excluding tert-OH is 2. The minimum atomic E-state index is -4.57. The van der Waals surface area contributed by atoms with E-state index in [1.807, 2.05) is 30.3 Å². The third kappa shape index (κ3) is 4.54. The molecule has 0 unspecified atom stereocenters. The molecule has 2 atom stereocenters. The number of aliphatic hydroxyl groups is 2. The molecule has 7 heteroatoms. The SMILES string of the molecule is OC[C@]1(Cc2ccccc2)CN(Cc2cc(F)ccc2C(F)(F)F)CC[C@H]1O. The smallest absolute Gasteiger partial charge is 0.396 e. The second-order valence-corrected chi connectivity index (χ2v) is 7.50. The van der Waals surface area contributed by atoms with Crippen LogP contribution in [-0.2, 0) is 19.1 Å². The molecule has 0 spiro atoms. The predicted molar refractivity (Wildman–Crippen MR) is 97.0 cm³/mol. The van der Waals surface area contributed by atoms with Crippen molar-refractivity contribution in [2.75, 3.05) is 19.7 Å². The number of hydrogen-bond acceptors (Lipinski definition) is 3. The van der Waals surface area contributed by atoms with Gasteiger partial charge in [0.25, 0.3) is 0 Å². The quantitative estimate of drug-likeness (QED) is 0.758. The van der Waals surface area contributed by atoms with E-state index in [-0.39, 0.29) is 25.3 Å². The molecule has 0 radical (unpaired) electrons. The van der Waals surface area contributed by atoms with Gasteiger partial charge in [-0.1, -0.05) is 30.3 Å². The molecule has 0 amide bonds. The number of benzene rings is 2. The largest absolute Gasteiger partial charge is 0.416 e. The second-order valence-electron chi connectivity index (χ2n) is 7.50. The van der Waals surface area contributed by atoms with Crippen molar-refractivity contribution in [3.8, 4) is 0 Å². The Morgan fingerprint density at radius 2 is 1.82 bits per heavy atom. The molecule has 0 bridgehead atoms. The van der Waals surface area contributed by atoms with Crippen molar-refractivity contribution < 1.29 is 27.8 Å². The fraction of sp³-hybridized carbons (Fsp3) is 0.429. The molecule has 152 valence electrons. The Labute approximate surface area is 161 Å². The van der Waals surface area contributed by atoms with E-state index in [1.165, 1.54) is 0 Å². The lowest BCUT2D eigenvalue weighted by Gasteiger charge is -2.45. The molecule has 0 aromatic heterocycles. The maximum atomic E-state index is 13.6. The summed E-state index contributed by atoms with van der Waals surface area (Å²) in [7, 11) is 0. The maximum Gasteiger partial charge on any atom is 0.416 e. The van der Waals surface area contributed by atoms with Gasteiger partial charge in [-0.15, -0.1) is 0 Å². The molecule has 3 nitrogen and oxygen atoms in total. The molecular weight excluding hydrogens is 374 g/mol. The van der Waals surface area contributed by atoms with Gasteiger partial charge in [-0.25, -0.2) is 4.39 Å².